The first-order valence-electron chi connectivity index (χ1n) is 8.20. The third-order valence-corrected chi connectivity index (χ3v) is 5.24. The molecule has 1 amide bonds. The maximum absolute atomic E-state index is 12.8. The van der Waals surface area contributed by atoms with E-state index in [-0.39, 0.29) is 18.9 Å². The molecule has 2 unspecified atom stereocenters. The molecule has 0 N–H and O–H groups in total. The number of halogens is 2. The van der Waals surface area contributed by atoms with Crippen molar-refractivity contribution >= 4 is 40.8 Å². The number of aliphatic imine (C=N–C) groups is 1. The van der Waals surface area contributed by atoms with Crippen molar-refractivity contribution in [3.63, 3.8) is 0 Å². The Morgan fingerprint density at radius 1 is 1.15 bits per heavy atom. The molecule has 0 aromatic heterocycles. The van der Waals surface area contributed by atoms with Crippen LogP contribution in [0.4, 0.5) is 0 Å². The van der Waals surface area contributed by atoms with Gasteiger partial charge in [0.05, 0.1) is 10.0 Å². The highest BCUT2D eigenvalue weighted by Gasteiger charge is 2.39. The second-order valence-electron chi connectivity index (χ2n) is 6.17. The van der Waals surface area contributed by atoms with Crippen LogP contribution in [-0.4, -0.2) is 17.6 Å². The number of hydrogen-bond donors (Lipinski definition) is 0. The first kappa shape index (κ1) is 18.6. The molecule has 26 heavy (non-hydrogen) atoms. The molecule has 0 radical (unpaired) electrons. The number of carbonyl (C=O) groups is 2. The summed E-state index contributed by atoms with van der Waals surface area (Å²) in [4.78, 5) is 28.7. The van der Waals surface area contributed by atoms with E-state index in [4.69, 9.17) is 27.9 Å². The van der Waals surface area contributed by atoms with E-state index in [0.29, 0.717) is 21.3 Å². The summed E-state index contributed by atoms with van der Waals surface area (Å²) < 4.78 is 5.49. The van der Waals surface area contributed by atoms with Gasteiger partial charge >= 0.3 is 5.97 Å². The van der Waals surface area contributed by atoms with Crippen LogP contribution in [-0.2, 0) is 20.9 Å². The number of rotatable bonds is 4. The Hall–Kier alpha value is -2.17. The van der Waals surface area contributed by atoms with Gasteiger partial charge in [0, 0.05) is 18.1 Å². The Morgan fingerprint density at radius 3 is 2.62 bits per heavy atom. The van der Waals surface area contributed by atoms with E-state index in [2.05, 4.69) is 4.99 Å². The second-order valence-corrected chi connectivity index (χ2v) is 6.96. The Bertz CT molecular complexity index is 865. The van der Waals surface area contributed by atoms with Crippen molar-refractivity contribution in [2.75, 3.05) is 0 Å². The van der Waals surface area contributed by atoms with E-state index < -0.39 is 17.8 Å². The minimum absolute atomic E-state index is 0.0858. The number of nitrogens with zero attached hydrogens (tertiary/aromatic N) is 1. The first-order chi connectivity index (χ1) is 12.5. The van der Waals surface area contributed by atoms with Crippen molar-refractivity contribution in [1.82, 2.24) is 0 Å². The lowest BCUT2D eigenvalue weighted by atomic mass is 9.79. The molecule has 1 aliphatic heterocycles. The molecule has 0 bridgehead atoms. The molecule has 3 rings (SSSR count). The van der Waals surface area contributed by atoms with Crippen LogP contribution in [0, 0.1) is 5.92 Å². The van der Waals surface area contributed by atoms with Crippen molar-refractivity contribution in [1.29, 1.82) is 0 Å². The number of carbonyl (C=O) groups excluding carboxylic acids is 2. The number of amides is 1. The van der Waals surface area contributed by atoms with Gasteiger partial charge in [0.2, 0.25) is 5.91 Å². The summed E-state index contributed by atoms with van der Waals surface area (Å²) in [7, 11) is 0. The molecule has 1 heterocycles. The van der Waals surface area contributed by atoms with Crippen LogP contribution in [0.25, 0.3) is 0 Å². The van der Waals surface area contributed by atoms with Gasteiger partial charge in [-0.25, -0.2) is 4.99 Å². The highest BCUT2D eigenvalue weighted by atomic mass is 35.5. The molecule has 1 aliphatic rings. The van der Waals surface area contributed by atoms with Crippen molar-refractivity contribution in [2.24, 2.45) is 10.9 Å². The fraction of sp³-hybridized carbons (Fsp3) is 0.250. The van der Waals surface area contributed by atoms with Crippen LogP contribution in [0.2, 0.25) is 10.0 Å². The third-order valence-electron chi connectivity index (χ3n) is 4.41. The van der Waals surface area contributed by atoms with Crippen molar-refractivity contribution in [3.8, 4) is 0 Å². The minimum atomic E-state index is -0.674. The predicted molar refractivity (Wildman–Crippen MR) is 102 cm³/mol. The Labute approximate surface area is 161 Å². The largest absolute Gasteiger partial charge is 0.460 e. The SMILES string of the molecule is CC1=NC(=O)CC(c2cccc(Cl)c2Cl)C1C(=O)OCc1ccccc1. The lowest BCUT2D eigenvalue weighted by Crippen LogP contribution is -2.35. The van der Waals surface area contributed by atoms with Gasteiger partial charge in [-0.3, -0.25) is 9.59 Å². The van der Waals surface area contributed by atoms with E-state index >= 15 is 0 Å². The van der Waals surface area contributed by atoms with Crippen LogP contribution in [0.1, 0.15) is 30.4 Å². The molecule has 134 valence electrons. The molecule has 2 aromatic carbocycles. The maximum Gasteiger partial charge on any atom is 0.315 e. The highest BCUT2D eigenvalue weighted by molar-refractivity contribution is 6.42. The molecule has 0 saturated carbocycles. The van der Waals surface area contributed by atoms with Crippen LogP contribution in [0.15, 0.2) is 53.5 Å². The molecule has 2 aromatic rings. The van der Waals surface area contributed by atoms with Crippen molar-refractivity contribution in [3.05, 3.63) is 69.7 Å². The average molecular weight is 390 g/mol. The number of hydrogen-bond acceptors (Lipinski definition) is 3. The van der Waals surface area contributed by atoms with Gasteiger partial charge in [-0.05, 0) is 24.1 Å². The van der Waals surface area contributed by atoms with Gasteiger partial charge in [-0.15, -0.1) is 0 Å². The summed E-state index contributed by atoms with van der Waals surface area (Å²) in [6, 6.07) is 14.6. The summed E-state index contributed by atoms with van der Waals surface area (Å²) in [5.74, 6) is -1.83. The van der Waals surface area contributed by atoms with Gasteiger partial charge in [0.25, 0.3) is 0 Å². The summed E-state index contributed by atoms with van der Waals surface area (Å²) in [6.07, 6.45) is 0.0858. The molecule has 0 saturated heterocycles. The van der Waals surface area contributed by atoms with E-state index in [9.17, 15) is 9.59 Å². The van der Waals surface area contributed by atoms with E-state index in [1.807, 2.05) is 30.3 Å². The lowest BCUT2D eigenvalue weighted by Gasteiger charge is -2.29. The zero-order valence-corrected chi connectivity index (χ0v) is 15.6. The topological polar surface area (TPSA) is 55.7 Å². The maximum atomic E-state index is 12.8. The number of benzene rings is 2. The Morgan fingerprint density at radius 2 is 1.88 bits per heavy atom. The van der Waals surface area contributed by atoms with Crippen molar-refractivity contribution in [2.45, 2.75) is 25.9 Å². The van der Waals surface area contributed by atoms with Gasteiger partial charge < -0.3 is 4.74 Å². The van der Waals surface area contributed by atoms with Crippen molar-refractivity contribution < 1.29 is 14.3 Å². The highest BCUT2D eigenvalue weighted by Crippen LogP contribution is 2.40. The summed E-state index contributed by atoms with van der Waals surface area (Å²) in [5.41, 5.74) is 1.98. The third kappa shape index (κ3) is 3.97. The molecule has 2 atom stereocenters. The molecule has 0 spiro atoms. The first-order valence-corrected chi connectivity index (χ1v) is 8.95. The zero-order valence-electron chi connectivity index (χ0n) is 14.1. The second kappa shape index (κ2) is 8.02. The minimum Gasteiger partial charge on any atom is -0.460 e. The normalized spacial score (nSPS) is 19.8. The predicted octanol–water partition coefficient (Wildman–Crippen LogP) is 4.83. The quantitative estimate of drug-likeness (QED) is 0.703. The fourth-order valence-corrected chi connectivity index (χ4v) is 3.61. The molecule has 4 nitrogen and oxygen atoms in total. The molecular weight excluding hydrogens is 373 g/mol. The molecule has 0 fully saturated rings. The standard InChI is InChI=1S/C20H17Cl2NO3/c1-12-18(20(25)26-11-13-6-3-2-4-7-13)15(10-17(24)23-12)14-8-5-9-16(21)19(14)22/h2-9,15,18H,10-11H2,1H3. The average Bonchev–Trinajstić information content (AvgIpc) is 2.62. The van der Waals surface area contributed by atoms with Crippen LogP contribution < -0.4 is 0 Å². The monoisotopic (exact) mass is 389 g/mol. The Kier molecular flexibility index (Phi) is 5.74. The van der Waals surface area contributed by atoms with E-state index in [1.54, 1.807) is 25.1 Å². The smallest absolute Gasteiger partial charge is 0.315 e. The summed E-state index contributed by atoms with van der Waals surface area (Å²) in [6.45, 7) is 1.82. The van der Waals surface area contributed by atoms with Crippen LogP contribution >= 0.6 is 23.2 Å². The summed E-state index contributed by atoms with van der Waals surface area (Å²) >= 11 is 12.4. The number of esters is 1. The lowest BCUT2D eigenvalue weighted by molar-refractivity contribution is -0.148. The molecule has 0 aliphatic carbocycles. The number of ether oxygens (including phenoxy) is 1. The van der Waals surface area contributed by atoms with Crippen LogP contribution in [0.5, 0.6) is 0 Å². The van der Waals surface area contributed by atoms with Gasteiger partial charge in [0.15, 0.2) is 0 Å². The van der Waals surface area contributed by atoms with Gasteiger partial charge in [-0.2, -0.15) is 0 Å². The molecular formula is C20H17Cl2NO3. The van der Waals surface area contributed by atoms with E-state index in [0.717, 1.165) is 5.56 Å². The van der Waals surface area contributed by atoms with Gasteiger partial charge in [0.1, 0.15) is 12.5 Å². The molecule has 6 heteroatoms. The van der Waals surface area contributed by atoms with E-state index in [1.165, 1.54) is 0 Å². The van der Waals surface area contributed by atoms with Crippen LogP contribution in [0.3, 0.4) is 0 Å². The zero-order chi connectivity index (χ0) is 18.7. The Balaban J connectivity index is 1.87. The summed E-state index contributed by atoms with van der Waals surface area (Å²) in [5, 5.41) is 0.732. The fourth-order valence-electron chi connectivity index (χ4n) is 3.16. The van der Waals surface area contributed by atoms with Gasteiger partial charge in [-0.1, -0.05) is 65.7 Å².